The van der Waals surface area contributed by atoms with Crippen molar-refractivity contribution >= 4 is 13.7 Å². The quantitative estimate of drug-likeness (QED) is 0.0357. The van der Waals surface area contributed by atoms with Crippen molar-refractivity contribution in [1.82, 2.24) is 5.32 Å². The van der Waals surface area contributed by atoms with Crippen molar-refractivity contribution in [2.45, 2.75) is 167 Å². The van der Waals surface area contributed by atoms with E-state index in [1.165, 1.54) is 77.0 Å². The van der Waals surface area contributed by atoms with Gasteiger partial charge in [0.25, 0.3) is 0 Å². The Morgan fingerprint density at radius 3 is 1.80 bits per heavy atom. The van der Waals surface area contributed by atoms with Crippen LogP contribution in [0.25, 0.3) is 0 Å². The maximum absolute atomic E-state index is 12.6. The number of rotatable bonds is 31. The minimum absolute atomic E-state index is 0.0883. The smallest absolute Gasteiger partial charge is 0.391 e. The number of phosphoric ester groups is 1. The number of amides is 1. The zero-order chi connectivity index (χ0) is 30.4. The SMILES string of the molecule is CCCCCCC/C=C\CCCCCCCC(=O)NC(COP(=O)(O)OCCN)C(O)CCCCCCCCCC. The number of aliphatic hydroxyl groups excluding tert-OH is 1. The highest BCUT2D eigenvalue weighted by Crippen LogP contribution is 2.43. The van der Waals surface area contributed by atoms with Crippen LogP contribution in [0.2, 0.25) is 0 Å². The van der Waals surface area contributed by atoms with E-state index < -0.39 is 20.0 Å². The number of hydrogen-bond acceptors (Lipinski definition) is 6. The standard InChI is InChI=1S/C32H65N2O6P/c1-3-5-7-9-11-13-14-15-16-17-18-20-22-24-26-32(36)34-30(29-40-41(37,38)39-28-27-33)31(35)25-23-21-19-12-10-8-6-4-2/h14-15,30-31,35H,3-13,16-29,33H2,1-2H3,(H,34,36)(H,37,38)/b15-14-. The van der Waals surface area contributed by atoms with Gasteiger partial charge in [0.15, 0.2) is 0 Å². The second-order valence-electron chi connectivity index (χ2n) is 11.4. The van der Waals surface area contributed by atoms with E-state index in [1.54, 1.807) is 0 Å². The van der Waals surface area contributed by atoms with E-state index in [0.29, 0.717) is 12.8 Å². The summed E-state index contributed by atoms with van der Waals surface area (Å²) in [6.45, 7) is 4.13. The first kappa shape index (κ1) is 40.2. The lowest BCUT2D eigenvalue weighted by atomic mass is 10.0. The van der Waals surface area contributed by atoms with Crippen LogP contribution in [0.3, 0.4) is 0 Å². The molecule has 5 N–H and O–H groups in total. The minimum Gasteiger partial charge on any atom is -0.391 e. The van der Waals surface area contributed by atoms with Gasteiger partial charge in [-0.3, -0.25) is 13.8 Å². The van der Waals surface area contributed by atoms with Gasteiger partial charge in [-0.15, -0.1) is 0 Å². The first-order valence-corrected chi connectivity index (χ1v) is 18.3. The molecule has 0 aromatic carbocycles. The lowest BCUT2D eigenvalue weighted by Gasteiger charge is -2.25. The Labute approximate surface area is 252 Å². The molecule has 0 saturated heterocycles. The third kappa shape index (κ3) is 27.8. The molecule has 0 aromatic heterocycles. The second-order valence-corrected chi connectivity index (χ2v) is 12.8. The molecular formula is C32H65N2O6P. The maximum Gasteiger partial charge on any atom is 0.472 e. The number of phosphoric acid groups is 1. The fourth-order valence-corrected chi connectivity index (χ4v) is 5.54. The average molecular weight is 605 g/mol. The number of aliphatic hydroxyl groups is 1. The normalized spacial score (nSPS) is 14.8. The van der Waals surface area contributed by atoms with Crippen molar-refractivity contribution in [3.05, 3.63) is 12.2 Å². The van der Waals surface area contributed by atoms with Crippen molar-refractivity contribution in [3.63, 3.8) is 0 Å². The van der Waals surface area contributed by atoms with E-state index in [2.05, 4.69) is 31.3 Å². The van der Waals surface area contributed by atoms with Crippen LogP contribution in [0.4, 0.5) is 0 Å². The fraction of sp³-hybridized carbons (Fsp3) is 0.906. The molecule has 0 aliphatic heterocycles. The van der Waals surface area contributed by atoms with Crippen LogP contribution in [0.1, 0.15) is 155 Å². The Kier molecular flexibility index (Phi) is 28.8. The molecule has 0 fully saturated rings. The van der Waals surface area contributed by atoms with E-state index in [1.807, 2.05) is 0 Å². The summed E-state index contributed by atoms with van der Waals surface area (Å²) in [5.41, 5.74) is 5.33. The monoisotopic (exact) mass is 604 g/mol. The number of nitrogens with two attached hydrogens (primary N) is 1. The molecule has 0 aliphatic rings. The van der Waals surface area contributed by atoms with Gasteiger partial charge in [-0.25, -0.2) is 4.57 Å². The summed E-state index contributed by atoms with van der Waals surface area (Å²) in [4.78, 5) is 22.5. The first-order chi connectivity index (χ1) is 19.9. The predicted molar refractivity (Wildman–Crippen MR) is 171 cm³/mol. The van der Waals surface area contributed by atoms with E-state index in [0.717, 1.165) is 51.4 Å². The van der Waals surface area contributed by atoms with E-state index >= 15 is 0 Å². The molecular weight excluding hydrogens is 539 g/mol. The number of unbranched alkanes of at least 4 members (excludes halogenated alkanes) is 17. The van der Waals surface area contributed by atoms with Crippen molar-refractivity contribution in [2.75, 3.05) is 19.8 Å². The van der Waals surface area contributed by atoms with Crippen molar-refractivity contribution < 1.29 is 28.4 Å². The Morgan fingerprint density at radius 1 is 0.780 bits per heavy atom. The van der Waals surface area contributed by atoms with Gasteiger partial charge in [-0.05, 0) is 38.5 Å². The Bertz CT molecular complexity index is 664. The van der Waals surface area contributed by atoms with Gasteiger partial charge in [0, 0.05) is 13.0 Å². The Morgan fingerprint density at radius 2 is 1.27 bits per heavy atom. The number of nitrogens with one attached hydrogen (secondary N) is 1. The zero-order valence-corrected chi connectivity index (χ0v) is 27.4. The maximum atomic E-state index is 12.6. The molecule has 41 heavy (non-hydrogen) atoms. The highest BCUT2D eigenvalue weighted by molar-refractivity contribution is 7.47. The van der Waals surface area contributed by atoms with E-state index in [4.69, 9.17) is 14.8 Å². The summed E-state index contributed by atoms with van der Waals surface area (Å²) in [5.74, 6) is -0.175. The van der Waals surface area contributed by atoms with Crippen LogP contribution in [0, 0.1) is 0 Å². The minimum atomic E-state index is -4.30. The third-order valence-electron chi connectivity index (χ3n) is 7.37. The van der Waals surface area contributed by atoms with E-state index in [9.17, 15) is 19.4 Å². The van der Waals surface area contributed by atoms with Gasteiger partial charge in [0.05, 0.1) is 25.4 Å². The fourth-order valence-electron chi connectivity index (χ4n) is 4.78. The molecule has 9 heteroatoms. The van der Waals surface area contributed by atoms with Crippen LogP contribution in [-0.2, 0) is 18.4 Å². The van der Waals surface area contributed by atoms with Crippen LogP contribution in [0.5, 0.6) is 0 Å². The summed E-state index contributed by atoms with van der Waals surface area (Å²) in [6.07, 6.45) is 27.9. The largest absolute Gasteiger partial charge is 0.472 e. The van der Waals surface area contributed by atoms with Gasteiger partial charge in [0.2, 0.25) is 5.91 Å². The van der Waals surface area contributed by atoms with Crippen LogP contribution in [-0.4, -0.2) is 47.8 Å². The molecule has 0 spiro atoms. The van der Waals surface area contributed by atoms with Crippen LogP contribution >= 0.6 is 7.82 Å². The molecule has 3 atom stereocenters. The lowest BCUT2D eigenvalue weighted by Crippen LogP contribution is -2.46. The highest BCUT2D eigenvalue weighted by Gasteiger charge is 2.27. The van der Waals surface area contributed by atoms with Gasteiger partial charge >= 0.3 is 7.82 Å². The van der Waals surface area contributed by atoms with Crippen molar-refractivity contribution in [2.24, 2.45) is 5.73 Å². The molecule has 0 heterocycles. The lowest BCUT2D eigenvalue weighted by molar-refractivity contribution is -0.123. The first-order valence-electron chi connectivity index (χ1n) is 16.8. The molecule has 8 nitrogen and oxygen atoms in total. The Hall–Kier alpha value is -0.760. The summed E-state index contributed by atoms with van der Waals surface area (Å²) < 4.78 is 21.9. The summed E-state index contributed by atoms with van der Waals surface area (Å²) in [6, 6.07) is -0.771. The molecule has 0 saturated carbocycles. The topological polar surface area (TPSA) is 131 Å². The van der Waals surface area contributed by atoms with E-state index in [-0.39, 0.29) is 25.7 Å². The molecule has 3 unspecified atom stereocenters. The third-order valence-corrected chi connectivity index (χ3v) is 8.35. The van der Waals surface area contributed by atoms with Crippen LogP contribution in [0.15, 0.2) is 12.2 Å². The molecule has 244 valence electrons. The zero-order valence-electron chi connectivity index (χ0n) is 26.5. The molecule has 0 radical (unpaired) electrons. The summed E-state index contributed by atoms with van der Waals surface area (Å²) in [7, 11) is -4.30. The number of carbonyl (C=O) groups is 1. The molecule has 0 aliphatic carbocycles. The van der Waals surface area contributed by atoms with Crippen LogP contribution < -0.4 is 11.1 Å². The predicted octanol–water partition coefficient (Wildman–Crippen LogP) is 8.10. The summed E-state index contributed by atoms with van der Waals surface area (Å²) in [5, 5.41) is 13.6. The molecule has 1 amide bonds. The Balaban J connectivity index is 4.29. The van der Waals surface area contributed by atoms with Gasteiger partial charge in [-0.2, -0.15) is 0 Å². The van der Waals surface area contributed by atoms with Gasteiger partial charge < -0.3 is 21.1 Å². The average Bonchev–Trinajstić information content (AvgIpc) is 2.95. The second kappa shape index (κ2) is 29.3. The molecule has 0 rings (SSSR count). The van der Waals surface area contributed by atoms with Gasteiger partial charge in [-0.1, -0.05) is 122 Å². The number of carbonyl (C=O) groups excluding carboxylic acids is 1. The van der Waals surface area contributed by atoms with Crippen molar-refractivity contribution in [1.29, 1.82) is 0 Å². The highest BCUT2D eigenvalue weighted by atomic mass is 31.2. The number of allylic oxidation sites excluding steroid dienone is 2. The molecule has 0 bridgehead atoms. The summed E-state index contributed by atoms with van der Waals surface area (Å²) >= 11 is 0. The molecule has 0 aromatic rings. The van der Waals surface area contributed by atoms with Crippen molar-refractivity contribution in [3.8, 4) is 0 Å². The number of hydrogen-bond donors (Lipinski definition) is 4. The van der Waals surface area contributed by atoms with Gasteiger partial charge in [0.1, 0.15) is 0 Å².